The topological polar surface area (TPSA) is 82.2 Å². The molecule has 2 rings (SSSR count). The molecule has 1 heterocycles. The Bertz CT molecular complexity index is 577. The third-order valence-electron chi connectivity index (χ3n) is 2.42. The Balaban J connectivity index is 2.21. The van der Waals surface area contributed by atoms with E-state index in [0.29, 0.717) is 22.8 Å². The Morgan fingerprint density at radius 1 is 1.44 bits per heavy atom. The molecule has 1 aromatic heterocycles. The van der Waals surface area contributed by atoms with Crippen LogP contribution in [0.2, 0.25) is 0 Å². The number of hydrogen-bond acceptors (Lipinski definition) is 4. The van der Waals surface area contributed by atoms with E-state index in [1.165, 1.54) is 7.11 Å². The van der Waals surface area contributed by atoms with Crippen molar-refractivity contribution in [3.63, 3.8) is 0 Å². The highest BCUT2D eigenvalue weighted by Gasteiger charge is 2.12. The van der Waals surface area contributed by atoms with Crippen LogP contribution in [0.4, 0.5) is 11.4 Å². The van der Waals surface area contributed by atoms with Gasteiger partial charge in [0.05, 0.1) is 12.8 Å². The summed E-state index contributed by atoms with van der Waals surface area (Å²) in [4.78, 5) is 11.9. The van der Waals surface area contributed by atoms with Crippen LogP contribution in [0.1, 0.15) is 10.5 Å². The molecular weight excluding hydrogens is 232 g/mol. The number of nitrogens with two attached hydrogens (primary N) is 1. The normalized spacial score (nSPS) is 10.1. The first-order valence-electron chi connectivity index (χ1n) is 5.34. The number of methoxy groups -OCH3 is 1. The van der Waals surface area contributed by atoms with Gasteiger partial charge in [-0.05, 0) is 18.2 Å². The Morgan fingerprint density at radius 3 is 2.83 bits per heavy atom. The minimum atomic E-state index is -0.293. The summed E-state index contributed by atoms with van der Waals surface area (Å²) < 4.78 is 6.71. The van der Waals surface area contributed by atoms with Crippen molar-refractivity contribution in [2.45, 2.75) is 0 Å². The lowest BCUT2D eigenvalue weighted by atomic mass is 10.2. The number of carbonyl (C=O) groups is 1. The van der Waals surface area contributed by atoms with Crippen molar-refractivity contribution in [1.82, 2.24) is 9.78 Å². The van der Waals surface area contributed by atoms with Crippen molar-refractivity contribution in [2.75, 3.05) is 18.2 Å². The fourth-order valence-corrected chi connectivity index (χ4v) is 1.53. The fraction of sp³-hybridized carbons (Fsp3) is 0.167. The lowest BCUT2D eigenvalue weighted by Gasteiger charge is -2.09. The molecule has 18 heavy (non-hydrogen) atoms. The van der Waals surface area contributed by atoms with Gasteiger partial charge in [-0.25, -0.2) is 0 Å². The Hall–Kier alpha value is -2.50. The summed E-state index contributed by atoms with van der Waals surface area (Å²) in [6, 6.07) is 6.67. The van der Waals surface area contributed by atoms with Gasteiger partial charge in [-0.15, -0.1) is 0 Å². The van der Waals surface area contributed by atoms with Crippen LogP contribution in [0.3, 0.4) is 0 Å². The third kappa shape index (κ3) is 2.42. The number of carbonyl (C=O) groups excluding carboxylic acids is 1. The minimum Gasteiger partial charge on any atom is -0.494 e. The van der Waals surface area contributed by atoms with Crippen LogP contribution in [0.25, 0.3) is 0 Å². The van der Waals surface area contributed by atoms with Crippen molar-refractivity contribution in [1.29, 1.82) is 0 Å². The molecule has 3 N–H and O–H groups in total. The molecule has 0 atom stereocenters. The molecule has 94 valence electrons. The summed E-state index contributed by atoms with van der Waals surface area (Å²) in [5.74, 6) is 0.220. The molecule has 0 aliphatic heterocycles. The minimum absolute atomic E-state index is 0.293. The SMILES string of the molecule is COc1cc(N)ccc1NC(=O)c1ccn(C)n1. The number of nitrogens with one attached hydrogen (secondary N) is 1. The van der Waals surface area contributed by atoms with E-state index in [1.807, 2.05) is 0 Å². The predicted octanol–water partition coefficient (Wildman–Crippen LogP) is 1.26. The summed E-state index contributed by atoms with van der Waals surface area (Å²) in [6.07, 6.45) is 1.70. The van der Waals surface area contributed by atoms with Gasteiger partial charge < -0.3 is 15.8 Å². The molecule has 6 nitrogen and oxygen atoms in total. The predicted molar refractivity (Wildman–Crippen MR) is 68.6 cm³/mol. The number of amides is 1. The average Bonchev–Trinajstić information content (AvgIpc) is 2.78. The number of hydrogen-bond donors (Lipinski definition) is 2. The second-order valence-corrected chi connectivity index (χ2v) is 3.79. The Labute approximate surface area is 104 Å². The number of anilines is 2. The molecule has 1 amide bonds. The summed E-state index contributed by atoms with van der Waals surface area (Å²) in [7, 11) is 3.27. The molecule has 0 saturated heterocycles. The standard InChI is InChI=1S/C12H14N4O2/c1-16-6-5-10(15-16)12(17)14-9-4-3-8(13)7-11(9)18-2/h3-7H,13H2,1-2H3,(H,14,17). The molecule has 0 radical (unpaired) electrons. The molecule has 0 bridgehead atoms. The van der Waals surface area contributed by atoms with Crippen molar-refractivity contribution in [2.24, 2.45) is 7.05 Å². The Morgan fingerprint density at radius 2 is 2.22 bits per heavy atom. The first-order valence-corrected chi connectivity index (χ1v) is 5.34. The second kappa shape index (κ2) is 4.79. The van der Waals surface area contributed by atoms with E-state index in [1.54, 1.807) is 42.2 Å². The van der Waals surface area contributed by atoms with Gasteiger partial charge in [0.1, 0.15) is 5.75 Å². The molecule has 0 saturated carbocycles. The fourth-order valence-electron chi connectivity index (χ4n) is 1.53. The highest BCUT2D eigenvalue weighted by molar-refractivity contribution is 6.03. The van der Waals surface area contributed by atoms with Gasteiger partial charge in [-0.2, -0.15) is 5.10 Å². The quantitative estimate of drug-likeness (QED) is 0.799. The lowest BCUT2D eigenvalue weighted by molar-refractivity contribution is 0.102. The van der Waals surface area contributed by atoms with Gasteiger partial charge in [0.25, 0.3) is 5.91 Å². The molecule has 0 aliphatic rings. The van der Waals surface area contributed by atoms with E-state index in [-0.39, 0.29) is 5.91 Å². The highest BCUT2D eigenvalue weighted by atomic mass is 16.5. The highest BCUT2D eigenvalue weighted by Crippen LogP contribution is 2.26. The number of aryl methyl sites for hydroxylation is 1. The number of nitrogens with zero attached hydrogens (tertiary/aromatic N) is 2. The largest absolute Gasteiger partial charge is 0.494 e. The molecule has 0 spiro atoms. The zero-order chi connectivity index (χ0) is 13.1. The maximum atomic E-state index is 11.9. The van der Waals surface area contributed by atoms with Crippen LogP contribution in [0.15, 0.2) is 30.5 Å². The van der Waals surface area contributed by atoms with Gasteiger partial charge in [0.15, 0.2) is 5.69 Å². The van der Waals surface area contributed by atoms with Crippen LogP contribution >= 0.6 is 0 Å². The van der Waals surface area contributed by atoms with Gasteiger partial charge in [0.2, 0.25) is 0 Å². The molecule has 0 unspecified atom stereocenters. The van der Waals surface area contributed by atoms with E-state index in [2.05, 4.69) is 10.4 Å². The van der Waals surface area contributed by atoms with Crippen molar-refractivity contribution >= 4 is 17.3 Å². The monoisotopic (exact) mass is 246 g/mol. The molecular formula is C12H14N4O2. The van der Waals surface area contributed by atoms with E-state index in [4.69, 9.17) is 10.5 Å². The van der Waals surface area contributed by atoms with E-state index >= 15 is 0 Å². The third-order valence-corrected chi connectivity index (χ3v) is 2.42. The molecule has 0 fully saturated rings. The molecule has 0 aliphatic carbocycles. The first-order chi connectivity index (χ1) is 8.60. The van der Waals surface area contributed by atoms with E-state index in [9.17, 15) is 4.79 Å². The van der Waals surface area contributed by atoms with Crippen LogP contribution in [-0.2, 0) is 7.05 Å². The second-order valence-electron chi connectivity index (χ2n) is 3.79. The first kappa shape index (κ1) is 12.0. The lowest BCUT2D eigenvalue weighted by Crippen LogP contribution is -2.13. The summed E-state index contributed by atoms with van der Waals surface area (Å²) in [5.41, 5.74) is 7.11. The molecule has 2 aromatic rings. The van der Waals surface area contributed by atoms with Gasteiger partial charge in [-0.1, -0.05) is 0 Å². The van der Waals surface area contributed by atoms with Crippen molar-refractivity contribution < 1.29 is 9.53 Å². The number of benzene rings is 1. The van der Waals surface area contributed by atoms with Crippen molar-refractivity contribution in [3.05, 3.63) is 36.2 Å². The van der Waals surface area contributed by atoms with Gasteiger partial charge >= 0.3 is 0 Å². The van der Waals surface area contributed by atoms with E-state index < -0.39 is 0 Å². The number of aromatic nitrogens is 2. The van der Waals surface area contributed by atoms with Crippen molar-refractivity contribution in [3.8, 4) is 5.75 Å². The van der Waals surface area contributed by atoms with Crippen LogP contribution < -0.4 is 15.8 Å². The number of ether oxygens (including phenoxy) is 1. The summed E-state index contributed by atoms with van der Waals surface area (Å²) in [5, 5.41) is 6.74. The average molecular weight is 246 g/mol. The van der Waals surface area contributed by atoms with Crippen LogP contribution in [0, 0.1) is 0 Å². The maximum absolute atomic E-state index is 11.9. The molecule has 6 heteroatoms. The maximum Gasteiger partial charge on any atom is 0.276 e. The van der Waals surface area contributed by atoms with Crippen LogP contribution in [0.5, 0.6) is 5.75 Å². The van der Waals surface area contributed by atoms with Gasteiger partial charge in [-0.3, -0.25) is 9.48 Å². The Kier molecular flexibility index (Phi) is 3.18. The smallest absolute Gasteiger partial charge is 0.276 e. The zero-order valence-electron chi connectivity index (χ0n) is 10.2. The van der Waals surface area contributed by atoms with E-state index in [0.717, 1.165) is 0 Å². The summed E-state index contributed by atoms with van der Waals surface area (Å²) >= 11 is 0. The van der Waals surface area contributed by atoms with Crippen LogP contribution in [-0.4, -0.2) is 22.8 Å². The number of nitrogen functional groups attached to an aromatic ring is 1. The van der Waals surface area contributed by atoms with Gasteiger partial charge in [0, 0.05) is 25.0 Å². The molecule has 1 aromatic carbocycles. The zero-order valence-corrected chi connectivity index (χ0v) is 10.2. The number of rotatable bonds is 3. The summed E-state index contributed by atoms with van der Waals surface area (Å²) in [6.45, 7) is 0.